The van der Waals surface area contributed by atoms with E-state index < -0.39 is 0 Å². The van der Waals surface area contributed by atoms with E-state index in [2.05, 4.69) is 15.6 Å². The van der Waals surface area contributed by atoms with Crippen LogP contribution >= 0.6 is 24.8 Å². The van der Waals surface area contributed by atoms with Gasteiger partial charge in [-0.2, -0.15) is 0 Å². The van der Waals surface area contributed by atoms with E-state index in [1.54, 1.807) is 6.07 Å². The molecule has 2 aromatic rings. The van der Waals surface area contributed by atoms with Gasteiger partial charge < -0.3 is 10.6 Å². The van der Waals surface area contributed by atoms with Crippen LogP contribution < -0.4 is 10.6 Å². The molecule has 1 heterocycles. The summed E-state index contributed by atoms with van der Waals surface area (Å²) in [6, 6.07) is 6.45. The standard InChI is InChI=1S/C18H22FN3O.2ClH/c1-3-20-11(2)10-21-18(23)15-9-17(12-4-5-12)22-16-7-6-13(19)8-14(15)16;;/h6-9,11-12,20H,3-5,10H2,1-2H3,(H,21,23);2*1H/t11-;;/m1../s1. The van der Waals surface area contributed by atoms with Gasteiger partial charge in [0.25, 0.3) is 5.91 Å². The average molecular weight is 388 g/mol. The number of nitrogens with zero attached hydrogens (tertiary/aromatic N) is 1. The lowest BCUT2D eigenvalue weighted by molar-refractivity contribution is 0.0951. The lowest BCUT2D eigenvalue weighted by Crippen LogP contribution is -2.38. The van der Waals surface area contributed by atoms with E-state index in [0.29, 0.717) is 28.9 Å². The number of carbonyl (C=O) groups excluding carboxylic acids is 1. The summed E-state index contributed by atoms with van der Waals surface area (Å²) in [5.41, 5.74) is 2.13. The van der Waals surface area contributed by atoms with E-state index in [-0.39, 0.29) is 42.6 Å². The Hall–Kier alpha value is -1.43. The number of amides is 1. The largest absolute Gasteiger partial charge is 0.350 e. The second-order valence-corrected chi connectivity index (χ2v) is 6.20. The van der Waals surface area contributed by atoms with Crippen molar-refractivity contribution in [3.8, 4) is 0 Å². The van der Waals surface area contributed by atoms with Gasteiger partial charge in [-0.05, 0) is 50.6 Å². The van der Waals surface area contributed by atoms with Crippen molar-refractivity contribution in [3.63, 3.8) is 0 Å². The van der Waals surface area contributed by atoms with Crippen LogP contribution in [0.5, 0.6) is 0 Å². The van der Waals surface area contributed by atoms with E-state index in [0.717, 1.165) is 25.1 Å². The monoisotopic (exact) mass is 387 g/mol. The van der Waals surface area contributed by atoms with Crippen LogP contribution in [0.15, 0.2) is 24.3 Å². The number of halogens is 3. The Balaban J connectivity index is 0.00000156. The molecule has 1 fully saturated rings. The normalized spacial score (nSPS) is 14.4. The number of carbonyl (C=O) groups is 1. The summed E-state index contributed by atoms with van der Waals surface area (Å²) in [7, 11) is 0. The smallest absolute Gasteiger partial charge is 0.252 e. The van der Waals surface area contributed by atoms with Gasteiger partial charge in [0.1, 0.15) is 5.82 Å². The first-order valence-electron chi connectivity index (χ1n) is 8.20. The molecule has 1 aromatic carbocycles. The highest BCUT2D eigenvalue weighted by molar-refractivity contribution is 6.06. The summed E-state index contributed by atoms with van der Waals surface area (Å²) >= 11 is 0. The molecular formula is C18H24Cl2FN3O. The molecule has 0 aliphatic heterocycles. The van der Waals surface area contributed by atoms with Crippen molar-refractivity contribution in [1.29, 1.82) is 0 Å². The molecule has 7 heteroatoms. The molecule has 1 atom stereocenters. The van der Waals surface area contributed by atoms with Crippen LogP contribution in [0.1, 0.15) is 48.7 Å². The number of hydrogen-bond acceptors (Lipinski definition) is 3. The van der Waals surface area contributed by atoms with Gasteiger partial charge in [0.15, 0.2) is 0 Å². The quantitative estimate of drug-likeness (QED) is 0.791. The van der Waals surface area contributed by atoms with Crippen LogP contribution in [0.3, 0.4) is 0 Å². The Morgan fingerprint density at radius 1 is 1.32 bits per heavy atom. The molecule has 3 rings (SSSR count). The molecule has 4 nitrogen and oxygen atoms in total. The van der Waals surface area contributed by atoms with E-state index in [1.165, 1.54) is 12.1 Å². The zero-order valence-corrected chi connectivity index (χ0v) is 16.0. The Labute approximate surface area is 159 Å². The summed E-state index contributed by atoms with van der Waals surface area (Å²) in [6.07, 6.45) is 2.22. The molecule has 1 aromatic heterocycles. The molecule has 1 saturated carbocycles. The van der Waals surface area contributed by atoms with Crippen LogP contribution in [0.25, 0.3) is 10.9 Å². The first-order valence-corrected chi connectivity index (χ1v) is 8.20. The van der Waals surface area contributed by atoms with Crippen molar-refractivity contribution >= 4 is 41.6 Å². The number of pyridine rings is 1. The predicted molar refractivity (Wildman–Crippen MR) is 104 cm³/mol. The van der Waals surface area contributed by atoms with Crippen LogP contribution in [0, 0.1) is 5.82 Å². The fraction of sp³-hybridized carbons (Fsp3) is 0.444. The summed E-state index contributed by atoms with van der Waals surface area (Å²) < 4.78 is 13.6. The van der Waals surface area contributed by atoms with Gasteiger partial charge in [-0.25, -0.2) is 4.39 Å². The van der Waals surface area contributed by atoms with Crippen LogP contribution in [0.2, 0.25) is 0 Å². The summed E-state index contributed by atoms with van der Waals surface area (Å²) in [5, 5.41) is 6.75. The van der Waals surface area contributed by atoms with Gasteiger partial charge in [-0.15, -0.1) is 24.8 Å². The zero-order valence-electron chi connectivity index (χ0n) is 14.3. The molecule has 0 unspecified atom stereocenters. The molecule has 1 aliphatic rings. The summed E-state index contributed by atoms with van der Waals surface area (Å²) in [4.78, 5) is 17.2. The number of aromatic nitrogens is 1. The van der Waals surface area contributed by atoms with Crippen LogP contribution in [0.4, 0.5) is 4.39 Å². The fourth-order valence-corrected chi connectivity index (χ4v) is 2.76. The first-order chi connectivity index (χ1) is 11.1. The average Bonchev–Trinajstić information content (AvgIpc) is 3.37. The first kappa shape index (κ1) is 21.6. The van der Waals surface area contributed by atoms with Gasteiger partial charge in [-0.3, -0.25) is 9.78 Å². The number of benzene rings is 1. The minimum atomic E-state index is -0.353. The Kier molecular flexibility index (Phi) is 8.06. The molecule has 2 N–H and O–H groups in total. The molecule has 1 aliphatic carbocycles. The molecular weight excluding hydrogens is 364 g/mol. The molecule has 25 heavy (non-hydrogen) atoms. The molecule has 138 valence electrons. The van der Waals surface area contributed by atoms with Crippen molar-refractivity contribution in [2.75, 3.05) is 13.1 Å². The van der Waals surface area contributed by atoms with Gasteiger partial charge >= 0.3 is 0 Å². The second kappa shape index (κ2) is 9.32. The predicted octanol–water partition coefficient (Wildman–Crippen LogP) is 3.82. The van der Waals surface area contributed by atoms with Gasteiger partial charge in [-0.1, -0.05) is 6.92 Å². The zero-order chi connectivity index (χ0) is 16.4. The Morgan fingerprint density at radius 2 is 2.04 bits per heavy atom. The molecule has 1 amide bonds. The maximum absolute atomic E-state index is 13.6. The van der Waals surface area contributed by atoms with E-state index in [1.807, 2.05) is 19.9 Å². The van der Waals surface area contributed by atoms with Crippen molar-refractivity contribution in [2.45, 2.75) is 38.6 Å². The lowest BCUT2D eigenvalue weighted by Gasteiger charge is -2.14. The highest BCUT2D eigenvalue weighted by Crippen LogP contribution is 2.40. The van der Waals surface area contributed by atoms with E-state index >= 15 is 0 Å². The molecule has 0 radical (unpaired) electrons. The molecule has 0 bridgehead atoms. The van der Waals surface area contributed by atoms with Crippen molar-refractivity contribution < 1.29 is 9.18 Å². The van der Waals surface area contributed by atoms with Crippen molar-refractivity contribution in [1.82, 2.24) is 15.6 Å². The fourth-order valence-electron chi connectivity index (χ4n) is 2.76. The Bertz CT molecular complexity index is 738. The number of rotatable bonds is 6. The SMILES string of the molecule is CCN[C@H](C)CNC(=O)c1cc(C2CC2)nc2ccc(F)cc12.Cl.Cl. The topological polar surface area (TPSA) is 54.0 Å². The van der Waals surface area contributed by atoms with Gasteiger partial charge in [0.2, 0.25) is 0 Å². The maximum Gasteiger partial charge on any atom is 0.252 e. The molecule has 0 spiro atoms. The van der Waals surface area contributed by atoms with Crippen LogP contribution in [-0.4, -0.2) is 30.0 Å². The summed E-state index contributed by atoms with van der Waals surface area (Å²) in [6.45, 7) is 5.43. The van der Waals surface area contributed by atoms with Crippen molar-refractivity contribution in [3.05, 3.63) is 41.3 Å². The van der Waals surface area contributed by atoms with E-state index in [9.17, 15) is 9.18 Å². The summed E-state index contributed by atoms with van der Waals surface area (Å²) in [5.74, 6) is -0.0834. The minimum Gasteiger partial charge on any atom is -0.350 e. The molecule has 0 saturated heterocycles. The number of hydrogen-bond donors (Lipinski definition) is 2. The second-order valence-electron chi connectivity index (χ2n) is 6.20. The number of fused-ring (bicyclic) bond motifs is 1. The highest BCUT2D eigenvalue weighted by atomic mass is 35.5. The van der Waals surface area contributed by atoms with Crippen molar-refractivity contribution in [2.24, 2.45) is 0 Å². The highest BCUT2D eigenvalue weighted by Gasteiger charge is 2.27. The lowest BCUT2D eigenvalue weighted by atomic mass is 10.0. The van der Waals surface area contributed by atoms with Crippen LogP contribution in [-0.2, 0) is 0 Å². The van der Waals surface area contributed by atoms with E-state index in [4.69, 9.17) is 0 Å². The number of nitrogens with one attached hydrogen (secondary N) is 2. The maximum atomic E-state index is 13.6. The third kappa shape index (κ3) is 5.27. The third-order valence-electron chi connectivity index (χ3n) is 4.15. The van der Waals surface area contributed by atoms with Gasteiger partial charge in [0, 0.05) is 29.6 Å². The van der Waals surface area contributed by atoms with Gasteiger partial charge in [0.05, 0.1) is 11.1 Å². The Morgan fingerprint density at radius 3 is 2.68 bits per heavy atom. The third-order valence-corrected chi connectivity index (χ3v) is 4.15. The minimum absolute atomic E-state index is 0. The number of likely N-dealkylation sites (N-methyl/N-ethyl adjacent to an activating group) is 1.